The van der Waals surface area contributed by atoms with Crippen molar-refractivity contribution < 1.29 is 22.7 Å². The molecule has 0 fully saturated rings. The Morgan fingerprint density at radius 3 is 2.37 bits per heavy atom. The summed E-state index contributed by atoms with van der Waals surface area (Å²) in [5.41, 5.74) is -0.840. The first kappa shape index (κ1) is 13.0. The van der Waals surface area contributed by atoms with Crippen LogP contribution in [-0.2, 0) is 6.18 Å². The molecule has 7 heteroatoms. The number of nitrogens with zero attached hydrogens (tertiary/aromatic N) is 2. The highest BCUT2D eigenvalue weighted by atomic mass is 19.4. The summed E-state index contributed by atoms with van der Waals surface area (Å²) in [6.07, 6.45) is -3.97. The van der Waals surface area contributed by atoms with E-state index in [-0.39, 0.29) is 17.2 Å². The Balaban J connectivity index is 2.22. The first-order valence-electron chi connectivity index (χ1n) is 5.13. The number of aromatic nitrogens is 2. The lowest BCUT2D eigenvalue weighted by Crippen LogP contribution is -2.08. The van der Waals surface area contributed by atoms with Crippen LogP contribution in [0, 0.1) is 0 Å². The summed E-state index contributed by atoms with van der Waals surface area (Å²) in [4.78, 5) is 10.7. The number of aldehydes is 1. The van der Waals surface area contributed by atoms with Gasteiger partial charge in [-0.3, -0.25) is 4.79 Å². The van der Waals surface area contributed by atoms with Gasteiger partial charge < -0.3 is 4.74 Å². The van der Waals surface area contributed by atoms with E-state index in [1.165, 1.54) is 12.1 Å². The second-order valence-corrected chi connectivity index (χ2v) is 3.51. The monoisotopic (exact) mass is 268 g/mol. The molecule has 1 aromatic carbocycles. The summed E-state index contributed by atoms with van der Waals surface area (Å²) in [5, 5.41) is 6.32. The van der Waals surface area contributed by atoms with Crippen LogP contribution < -0.4 is 4.74 Å². The van der Waals surface area contributed by atoms with Crippen LogP contribution in [0.25, 0.3) is 0 Å². The van der Waals surface area contributed by atoms with Gasteiger partial charge in [0.1, 0.15) is 5.75 Å². The van der Waals surface area contributed by atoms with Gasteiger partial charge in [0.05, 0.1) is 5.56 Å². The minimum atomic E-state index is -4.55. The predicted octanol–water partition coefficient (Wildman–Crippen LogP) is 3.10. The lowest BCUT2D eigenvalue weighted by molar-refractivity contribution is -0.141. The quantitative estimate of drug-likeness (QED) is 0.802. The van der Waals surface area contributed by atoms with Gasteiger partial charge >= 0.3 is 6.18 Å². The Bertz CT molecular complexity index is 582. The van der Waals surface area contributed by atoms with Gasteiger partial charge in [-0.15, -0.1) is 10.2 Å². The van der Waals surface area contributed by atoms with Crippen LogP contribution in [0.15, 0.2) is 36.4 Å². The molecule has 0 radical (unpaired) electrons. The van der Waals surface area contributed by atoms with Crippen LogP contribution in [0.1, 0.15) is 16.1 Å². The van der Waals surface area contributed by atoms with Gasteiger partial charge in [0.15, 0.2) is 12.0 Å². The van der Waals surface area contributed by atoms with E-state index in [1.807, 2.05) is 0 Å². The maximum absolute atomic E-state index is 12.3. The van der Waals surface area contributed by atoms with Crippen molar-refractivity contribution in [1.82, 2.24) is 10.2 Å². The molecule has 0 unspecified atom stereocenters. The molecular weight excluding hydrogens is 261 g/mol. The Kier molecular flexibility index (Phi) is 3.46. The van der Waals surface area contributed by atoms with E-state index < -0.39 is 11.9 Å². The maximum atomic E-state index is 12.3. The van der Waals surface area contributed by atoms with Crippen molar-refractivity contribution in [3.63, 3.8) is 0 Å². The van der Waals surface area contributed by atoms with Crippen LogP contribution in [0.4, 0.5) is 13.2 Å². The normalized spacial score (nSPS) is 11.1. The molecule has 0 aliphatic heterocycles. The first-order chi connectivity index (χ1) is 9.00. The van der Waals surface area contributed by atoms with E-state index in [0.29, 0.717) is 6.29 Å². The van der Waals surface area contributed by atoms with Crippen molar-refractivity contribution in [2.24, 2.45) is 0 Å². The third kappa shape index (κ3) is 3.06. The Morgan fingerprint density at radius 2 is 1.79 bits per heavy atom. The summed E-state index contributed by atoms with van der Waals surface area (Å²) in [6, 6.07) is 8.07. The van der Waals surface area contributed by atoms with Crippen LogP contribution in [-0.4, -0.2) is 16.5 Å². The summed E-state index contributed by atoms with van der Waals surface area (Å²) >= 11 is 0. The van der Waals surface area contributed by atoms with E-state index >= 15 is 0 Å². The van der Waals surface area contributed by atoms with Gasteiger partial charge in [-0.2, -0.15) is 13.2 Å². The average molecular weight is 268 g/mol. The number of alkyl halides is 3. The van der Waals surface area contributed by atoms with Gasteiger partial charge in [0.2, 0.25) is 5.88 Å². The molecule has 0 atom stereocenters. The Hall–Kier alpha value is -2.44. The fourth-order valence-electron chi connectivity index (χ4n) is 1.31. The number of para-hydroxylation sites is 1. The number of rotatable bonds is 3. The van der Waals surface area contributed by atoms with E-state index in [1.54, 1.807) is 12.1 Å². The molecule has 0 saturated carbocycles. The predicted molar refractivity (Wildman–Crippen MR) is 58.9 cm³/mol. The highest BCUT2D eigenvalue weighted by Gasteiger charge is 2.32. The molecule has 98 valence electrons. The van der Waals surface area contributed by atoms with Crippen molar-refractivity contribution >= 4 is 6.29 Å². The number of benzene rings is 1. The van der Waals surface area contributed by atoms with E-state index in [0.717, 1.165) is 12.1 Å². The minimum Gasteiger partial charge on any atom is -0.437 e. The zero-order valence-electron chi connectivity index (χ0n) is 9.39. The second-order valence-electron chi connectivity index (χ2n) is 3.51. The van der Waals surface area contributed by atoms with Crippen LogP contribution in [0.2, 0.25) is 0 Å². The maximum Gasteiger partial charge on any atom is 0.435 e. The van der Waals surface area contributed by atoms with Gasteiger partial charge in [0.25, 0.3) is 0 Å². The summed E-state index contributed by atoms with van der Waals surface area (Å²) in [6.45, 7) is 0. The highest BCUT2D eigenvalue weighted by molar-refractivity contribution is 5.79. The number of hydrogen-bond donors (Lipinski definition) is 0. The summed E-state index contributed by atoms with van der Waals surface area (Å²) in [7, 11) is 0. The molecule has 0 amide bonds. The molecule has 4 nitrogen and oxygen atoms in total. The molecule has 0 saturated heterocycles. The molecule has 19 heavy (non-hydrogen) atoms. The number of hydrogen-bond acceptors (Lipinski definition) is 4. The van der Waals surface area contributed by atoms with Crippen molar-refractivity contribution in [3.8, 4) is 11.6 Å². The third-order valence-electron chi connectivity index (χ3n) is 2.19. The molecule has 1 aromatic heterocycles. The fourth-order valence-corrected chi connectivity index (χ4v) is 1.31. The molecule has 2 aromatic rings. The molecule has 0 aliphatic carbocycles. The molecule has 0 aliphatic rings. The van der Waals surface area contributed by atoms with Crippen LogP contribution in [0.5, 0.6) is 11.6 Å². The van der Waals surface area contributed by atoms with Gasteiger partial charge in [-0.05, 0) is 18.2 Å². The number of halogens is 3. The average Bonchev–Trinajstić information content (AvgIpc) is 2.39. The molecule has 0 N–H and O–H groups in total. The Morgan fingerprint density at radius 1 is 1.05 bits per heavy atom. The topological polar surface area (TPSA) is 52.1 Å². The number of carbonyl (C=O) groups excluding carboxylic acids is 1. The van der Waals surface area contributed by atoms with Gasteiger partial charge in [0, 0.05) is 6.07 Å². The number of ether oxygens (including phenoxy) is 1. The summed E-state index contributed by atoms with van der Waals surface area (Å²) in [5.74, 6) is 0.0776. The lowest BCUT2D eigenvalue weighted by Gasteiger charge is -2.07. The van der Waals surface area contributed by atoms with Gasteiger partial charge in [-0.1, -0.05) is 12.1 Å². The van der Waals surface area contributed by atoms with Crippen LogP contribution in [0.3, 0.4) is 0 Å². The first-order valence-corrected chi connectivity index (χ1v) is 5.13. The smallest absolute Gasteiger partial charge is 0.435 e. The Labute approximate surface area is 105 Å². The second kappa shape index (κ2) is 5.05. The zero-order valence-corrected chi connectivity index (χ0v) is 9.39. The minimum absolute atomic E-state index is 0.123. The van der Waals surface area contributed by atoms with Crippen molar-refractivity contribution in [2.45, 2.75) is 6.18 Å². The van der Waals surface area contributed by atoms with E-state index in [4.69, 9.17) is 4.74 Å². The van der Waals surface area contributed by atoms with E-state index in [2.05, 4.69) is 10.2 Å². The molecular formula is C12H7F3N2O2. The molecule has 1 heterocycles. The molecule has 0 bridgehead atoms. The standard InChI is InChI=1S/C12H7F3N2O2/c13-12(14,15)10-5-6-11(17-16-10)19-9-4-2-1-3-8(9)7-18/h1-7H. The lowest BCUT2D eigenvalue weighted by atomic mass is 10.2. The SMILES string of the molecule is O=Cc1ccccc1Oc1ccc(C(F)(F)F)nn1. The van der Waals surface area contributed by atoms with E-state index in [9.17, 15) is 18.0 Å². The zero-order chi connectivity index (χ0) is 13.9. The third-order valence-corrected chi connectivity index (χ3v) is 2.19. The molecule has 2 rings (SSSR count). The van der Waals surface area contributed by atoms with Crippen molar-refractivity contribution in [3.05, 3.63) is 47.7 Å². The van der Waals surface area contributed by atoms with Crippen LogP contribution >= 0.6 is 0 Å². The van der Waals surface area contributed by atoms with Crippen molar-refractivity contribution in [2.75, 3.05) is 0 Å². The fraction of sp³-hybridized carbons (Fsp3) is 0.0833. The van der Waals surface area contributed by atoms with Crippen molar-refractivity contribution in [1.29, 1.82) is 0 Å². The van der Waals surface area contributed by atoms with Gasteiger partial charge in [-0.25, -0.2) is 0 Å². The highest BCUT2D eigenvalue weighted by Crippen LogP contribution is 2.28. The molecule has 0 spiro atoms. The number of carbonyl (C=O) groups is 1. The summed E-state index contributed by atoms with van der Waals surface area (Å²) < 4.78 is 42.0. The largest absolute Gasteiger partial charge is 0.437 e.